The fourth-order valence-electron chi connectivity index (χ4n) is 1.42. The minimum atomic E-state index is -0.437. The van der Waals surface area contributed by atoms with Crippen molar-refractivity contribution in [3.05, 3.63) is 35.4 Å². The van der Waals surface area contributed by atoms with Crippen molar-refractivity contribution in [1.82, 2.24) is 5.32 Å². The Bertz CT molecular complexity index is 436. The van der Waals surface area contributed by atoms with Gasteiger partial charge in [-0.05, 0) is 26.0 Å². The predicted octanol–water partition coefficient (Wildman–Crippen LogP) is 2.17. The van der Waals surface area contributed by atoms with Crippen LogP contribution in [0.15, 0.2) is 24.3 Å². The van der Waals surface area contributed by atoms with E-state index < -0.39 is 5.54 Å². The van der Waals surface area contributed by atoms with Crippen LogP contribution in [0.5, 0.6) is 0 Å². The third-order valence-corrected chi connectivity index (χ3v) is 2.49. The molecule has 0 aliphatic carbocycles. The van der Waals surface area contributed by atoms with Gasteiger partial charge in [0.2, 0.25) is 0 Å². The average Bonchev–Trinajstić information content (AvgIpc) is 2.34. The standard InChI is InChI=1S/C14H20N2O2.ClH/c1-4-12(17)10-5-7-11(8-6-10)13(18)16-9-14(2,3)15;/h5-8H,4,9,15H2,1-3H3,(H,16,18);1H. The zero-order chi connectivity index (χ0) is 13.8. The van der Waals surface area contributed by atoms with Crippen molar-refractivity contribution in [1.29, 1.82) is 0 Å². The maximum absolute atomic E-state index is 11.8. The van der Waals surface area contributed by atoms with E-state index in [4.69, 9.17) is 5.73 Å². The van der Waals surface area contributed by atoms with Gasteiger partial charge in [0.15, 0.2) is 5.78 Å². The summed E-state index contributed by atoms with van der Waals surface area (Å²) in [7, 11) is 0. The van der Waals surface area contributed by atoms with Crippen LogP contribution in [0.1, 0.15) is 47.9 Å². The zero-order valence-electron chi connectivity index (χ0n) is 11.5. The fourth-order valence-corrected chi connectivity index (χ4v) is 1.42. The third-order valence-electron chi connectivity index (χ3n) is 2.49. The Morgan fingerprint density at radius 3 is 2.05 bits per heavy atom. The van der Waals surface area contributed by atoms with Gasteiger partial charge in [0, 0.05) is 29.6 Å². The number of Topliss-reactive ketones (excluding diaryl/α,β-unsaturated/α-hetero) is 1. The number of carbonyl (C=O) groups excluding carboxylic acids is 2. The van der Waals surface area contributed by atoms with Crippen LogP contribution in [0.3, 0.4) is 0 Å². The molecule has 1 aromatic carbocycles. The Morgan fingerprint density at radius 1 is 1.16 bits per heavy atom. The van der Waals surface area contributed by atoms with Gasteiger partial charge in [0.1, 0.15) is 0 Å². The number of carbonyl (C=O) groups is 2. The minimum Gasteiger partial charge on any atom is -0.350 e. The van der Waals surface area contributed by atoms with Crippen LogP contribution in [0.2, 0.25) is 0 Å². The second-order valence-corrected chi connectivity index (χ2v) is 5.03. The molecule has 1 aromatic rings. The highest BCUT2D eigenvalue weighted by molar-refractivity contribution is 5.98. The van der Waals surface area contributed by atoms with E-state index in [1.807, 2.05) is 20.8 Å². The molecule has 4 nitrogen and oxygen atoms in total. The number of hydrogen-bond donors (Lipinski definition) is 2. The lowest BCUT2D eigenvalue weighted by Crippen LogP contribution is -2.45. The number of ketones is 1. The fraction of sp³-hybridized carbons (Fsp3) is 0.429. The number of nitrogens with one attached hydrogen (secondary N) is 1. The van der Waals surface area contributed by atoms with Crippen molar-refractivity contribution in [2.75, 3.05) is 6.54 Å². The van der Waals surface area contributed by atoms with Gasteiger partial charge >= 0.3 is 0 Å². The lowest BCUT2D eigenvalue weighted by molar-refractivity contribution is 0.0943. The summed E-state index contributed by atoms with van der Waals surface area (Å²) in [6, 6.07) is 6.66. The molecule has 1 rings (SSSR count). The van der Waals surface area contributed by atoms with Gasteiger partial charge in [0.25, 0.3) is 5.91 Å². The van der Waals surface area contributed by atoms with Gasteiger partial charge in [-0.2, -0.15) is 0 Å². The Hall–Kier alpha value is -1.39. The summed E-state index contributed by atoms with van der Waals surface area (Å²) in [4.78, 5) is 23.2. The molecular formula is C14H21ClN2O2. The lowest BCUT2D eigenvalue weighted by atomic mass is 10.1. The number of hydrogen-bond acceptors (Lipinski definition) is 3. The van der Waals surface area contributed by atoms with Crippen LogP contribution in [-0.4, -0.2) is 23.8 Å². The molecule has 0 heterocycles. The SMILES string of the molecule is CCC(=O)c1ccc(C(=O)NCC(C)(C)N)cc1.Cl. The monoisotopic (exact) mass is 284 g/mol. The van der Waals surface area contributed by atoms with Crippen LogP contribution >= 0.6 is 12.4 Å². The topological polar surface area (TPSA) is 72.2 Å². The molecular weight excluding hydrogens is 264 g/mol. The van der Waals surface area contributed by atoms with E-state index in [1.165, 1.54) is 0 Å². The largest absolute Gasteiger partial charge is 0.350 e. The van der Waals surface area contributed by atoms with Gasteiger partial charge in [-0.3, -0.25) is 9.59 Å². The van der Waals surface area contributed by atoms with E-state index in [0.717, 1.165) is 0 Å². The molecule has 0 aromatic heterocycles. The first-order valence-electron chi connectivity index (χ1n) is 6.04. The zero-order valence-corrected chi connectivity index (χ0v) is 12.3. The van der Waals surface area contributed by atoms with Gasteiger partial charge in [-0.1, -0.05) is 19.1 Å². The first-order chi connectivity index (χ1) is 8.33. The maximum Gasteiger partial charge on any atom is 0.251 e. The number of nitrogens with two attached hydrogens (primary N) is 1. The van der Waals surface area contributed by atoms with Crippen LogP contribution in [0.4, 0.5) is 0 Å². The van der Waals surface area contributed by atoms with Crippen molar-refractivity contribution in [3.63, 3.8) is 0 Å². The average molecular weight is 285 g/mol. The first kappa shape index (κ1) is 17.6. The maximum atomic E-state index is 11.8. The first-order valence-corrected chi connectivity index (χ1v) is 6.04. The molecule has 3 N–H and O–H groups in total. The molecule has 0 saturated heterocycles. The number of halogens is 1. The molecule has 0 saturated carbocycles. The normalized spacial score (nSPS) is 10.5. The van der Waals surface area contributed by atoms with Crippen molar-refractivity contribution >= 4 is 24.1 Å². The minimum absolute atomic E-state index is 0. The second kappa shape index (κ2) is 7.26. The predicted molar refractivity (Wildman–Crippen MR) is 78.9 cm³/mol. The van der Waals surface area contributed by atoms with Gasteiger partial charge in [-0.25, -0.2) is 0 Å². The van der Waals surface area contributed by atoms with E-state index in [0.29, 0.717) is 24.1 Å². The van der Waals surface area contributed by atoms with E-state index in [1.54, 1.807) is 24.3 Å². The summed E-state index contributed by atoms with van der Waals surface area (Å²) in [6.07, 6.45) is 0.465. The Kier molecular flexibility index (Phi) is 6.73. The summed E-state index contributed by atoms with van der Waals surface area (Å²) in [5.41, 5.74) is 6.51. The molecule has 1 amide bonds. The van der Waals surface area contributed by atoms with E-state index in [-0.39, 0.29) is 24.1 Å². The Balaban J connectivity index is 0.00000324. The third kappa shape index (κ3) is 5.85. The summed E-state index contributed by atoms with van der Waals surface area (Å²) in [6.45, 7) is 5.90. The number of rotatable bonds is 5. The molecule has 19 heavy (non-hydrogen) atoms. The Morgan fingerprint density at radius 2 is 1.63 bits per heavy atom. The number of benzene rings is 1. The van der Waals surface area contributed by atoms with E-state index in [2.05, 4.69) is 5.32 Å². The highest BCUT2D eigenvalue weighted by Gasteiger charge is 2.13. The lowest BCUT2D eigenvalue weighted by Gasteiger charge is -2.18. The Labute approximate surface area is 120 Å². The van der Waals surface area contributed by atoms with Crippen molar-refractivity contribution in [2.45, 2.75) is 32.7 Å². The molecule has 0 radical (unpaired) electrons. The van der Waals surface area contributed by atoms with E-state index in [9.17, 15) is 9.59 Å². The van der Waals surface area contributed by atoms with Crippen LogP contribution < -0.4 is 11.1 Å². The van der Waals surface area contributed by atoms with Crippen molar-refractivity contribution in [3.8, 4) is 0 Å². The smallest absolute Gasteiger partial charge is 0.251 e. The molecule has 0 fully saturated rings. The highest BCUT2D eigenvalue weighted by atomic mass is 35.5. The molecule has 0 unspecified atom stereocenters. The molecule has 0 bridgehead atoms. The quantitative estimate of drug-likeness (QED) is 0.814. The van der Waals surface area contributed by atoms with Crippen molar-refractivity contribution < 1.29 is 9.59 Å². The van der Waals surface area contributed by atoms with Crippen LogP contribution in [0, 0.1) is 0 Å². The summed E-state index contributed by atoms with van der Waals surface area (Å²) in [5, 5.41) is 2.75. The van der Waals surface area contributed by atoms with E-state index >= 15 is 0 Å². The number of amides is 1. The molecule has 0 aliphatic rings. The highest BCUT2D eigenvalue weighted by Crippen LogP contribution is 2.07. The van der Waals surface area contributed by atoms with Gasteiger partial charge in [0.05, 0.1) is 0 Å². The summed E-state index contributed by atoms with van der Waals surface area (Å²) >= 11 is 0. The second-order valence-electron chi connectivity index (χ2n) is 5.03. The van der Waals surface area contributed by atoms with Gasteiger partial charge < -0.3 is 11.1 Å². The molecule has 0 atom stereocenters. The van der Waals surface area contributed by atoms with Crippen molar-refractivity contribution in [2.24, 2.45) is 5.73 Å². The van der Waals surface area contributed by atoms with Crippen LogP contribution in [-0.2, 0) is 0 Å². The molecule has 0 spiro atoms. The summed E-state index contributed by atoms with van der Waals surface area (Å²) in [5.74, 6) is -0.103. The van der Waals surface area contributed by atoms with Crippen LogP contribution in [0.25, 0.3) is 0 Å². The van der Waals surface area contributed by atoms with Gasteiger partial charge in [-0.15, -0.1) is 12.4 Å². The molecule has 106 valence electrons. The summed E-state index contributed by atoms with van der Waals surface area (Å²) < 4.78 is 0. The molecule has 0 aliphatic heterocycles. The molecule has 5 heteroatoms.